The molecule has 2 aromatic carbocycles. The number of alkyl halides is 3. The van der Waals surface area contributed by atoms with E-state index in [0.717, 1.165) is 48.5 Å². The van der Waals surface area contributed by atoms with Crippen LogP contribution >= 0.6 is 11.3 Å². The highest BCUT2D eigenvalue weighted by Crippen LogP contribution is 2.32. The number of hydrogen-bond acceptors (Lipinski definition) is 3. The number of amides is 1. The van der Waals surface area contributed by atoms with Gasteiger partial charge in [0.15, 0.2) is 0 Å². The van der Waals surface area contributed by atoms with Crippen LogP contribution in [0.4, 0.5) is 24.5 Å². The summed E-state index contributed by atoms with van der Waals surface area (Å²) in [5, 5.41) is 5.02. The lowest BCUT2D eigenvalue weighted by Crippen LogP contribution is -2.29. The summed E-state index contributed by atoms with van der Waals surface area (Å²) in [7, 11) is 0. The number of anilines is 2. The van der Waals surface area contributed by atoms with Gasteiger partial charge in [0.25, 0.3) is 0 Å². The van der Waals surface area contributed by atoms with E-state index in [1.165, 1.54) is 22.6 Å². The van der Waals surface area contributed by atoms with Gasteiger partial charge in [-0.05, 0) is 72.2 Å². The Labute approximate surface area is 183 Å². The molecule has 0 bridgehead atoms. The third kappa shape index (κ3) is 4.77. The summed E-state index contributed by atoms with van der Waals surface area (Å²) >= 11 is 1.80. The number of hydrogen-bond donors (Lipinski definition) is 1. The first-order valence-corrected chi connectivity index (χ1v) is 11.0. The van der Waals surface area contributed by atoms with Crippen molar-refractivity contribution in [3.8, 4) is 0 Å². The smallest absolute Gasteiger partial charge is 0.367 e. The third-order valence-corrected chi connectivity index (χ3v) is 6.60. The van der Waals surface area contributed by atoms with Crippen LogP contribution in [0.5, 0.6) is 0 Å². The van der Waals surface area contributed by atoms with E-state index in [2.05, 4.69) is 33.8 Å². The minimum Gasteiger partial charge on any atom is -0.367 e. The fourth-order valence-electron chi connectivity index (χ4n) is 4.02. The fourth-order valence-corrected chi connectivity index (χ4v) is 4.91. The maximum atomic E-state index is 12.9. The molecule has 0 saturated heterocycles. The first-order chi connectivity index (χ1) is 14.7. The molecule has 0 radical (unpaired) electrons. The zero-order valence-electron chi connectivity index (χ0n) is 17.3. The Morgan fingerprint density at radius 1 is 1.13 bits per heavy atom. The molecule has 2 heterocycles. The second-order valence-electron chi connectivity index (χ2n) is 7.92. The number of halogens is 3. The van der Waals surface area contributed by atoms with Gasteiger partial charge in [-0.25, -0.2) is 0 Å². The number of aryl methyl sites for hydroxylation is 2. The molecule has 3 aromatic rings. The summed E-state index contributed by atoms with van der Waals surface area (Å²) < 4.78 is 38.7. The molecule has 0 atom stereocenters. The predicted octanol–water partition coefficient (Wildman–Crippen LogP) is 6.13. The van der Waals surface area contributed by atoms with Gasteiger partial charge in [0.05, 0.1) is 12.0 Å². The molecule has 1 N–H and O–H groups in total. The van der Waals surface area contributed by atoms with E-state index in [4.69, 9.17) is 0 Å². The van der Waals surface area contributed by atoms with Gasteiger partial charge in [-0.3, -0.25) is 4.79 Å². The van der Waals surface area contributed by atoms with E-state index in [1.807, 2.05) is 13.8 Å². The number of benzene rings is 2. The Balaban J connectivity index is 1.47. The molecule has 1 aliphatic heterocycles. The standard InChI is InChI=1S/C24H23F3N2OS/c1-15-10-20(29-8-6-21-18(14-29)7-9-31-21)11-16(2)23(15)28-22(30)13-17-4-3-5-19(12-17)24(25,26)27/h3-5,7,9-12H,6,8,13-14H2,1-2H3,(H,28,30). The molecule has 0 fully saturated rings. The van der Waals surface area contributed by atoms with Crippen LogP contribution in [0.2, 0.25) is 0 Å². The second kappa shape index (κ2) is 8.38. The van der Waals surface area contributed by atoms with Gasteiger partial charge < -0.3 is 10.2 Å². The summed E-state index contributed by atoms with van der Waals surface area (Å²) in [6.07, 6.45) is -3.51. The van der Waals surface area contributed by atoms with Crippen LogP contribution in [0.15, 0.2) is 47.8 Å². The zero-order valence-corrected chi connectivity index (χ0v) is 18.2. The number of rotatable bonds is 4. The quantitative estimate of drug-likeness (QED) is 0.525. The van der Waals surface area contributed by atoms with Crippen LogP contribution in [-0.2, 0) is 30.4 Å². The largest absolute Gasteiger partial charge is 0.416 e. The van der Waals surface area contributed by atoms with Crippen LogP contribution in [0.3, 0.4) is 0 Å². The van der Waals surface area contributed by atoms with Crippen LogP contribution in [-0.4, -0.2) is 12.5 Å². The number of thiophene rings is 1. The molecule has 0 unspecified atom stereocenters. The van der Waals surface area contributed by atoms with Crippen molar-refractivity contribution in [3.63, 3.8) is 0 Å². The lowest BCUT2D eigenvalue weighted by Gasteiger charge is -2.30. The molecule has 0 spiro atoms. The Hall–Kier alpha value is -2.80. The summed E-state index contributed by atoms with van der Waals surface area (Å²) in [6.45, 7) is 5.71. The number of carbonyl (C=O) groups is 1. The molecule has 1 amide bonds. The average molecular weight is 445 g/mol. The van der Waals surface area contributed by atoms with E-state index in [0.29, 0.717) is 11.3 Å². The van der Waals surface area contributed by atoms with E-state index >= 15 is 0 Å². The predicted molar refractivity (Wildman–Crippen MR) is 119 cm³/mol. The Morgan fingerprint density at radius 2 is 1.87 bits per heavy atom. The van der Waals surface area contributed by atoms with Gasteiger partial charge in [-0.2, -0.15) is 13.2 Å². The first kappa shape index (κ1) is 21.4. The molecule has 7 heteroatoms. The highest BCUT2D eigenvalue weighted by Gasteiger charge is 2.30. The van der Waals surface area contributed by atoms with Crippen molar-refractivity contribution in [2.45, 2.75) is 39.4 Å². The molecule has 31 heavy (non-hydrogen) atoms. The summed E-state index contributed by atoms with van der Waals surface area (Å²) in [5.74, 6) is -0.334. The molecule has 1 aliphatic rings. The normalized spacial score (nSPS) is 13.8. The van der Waals surface area contributed by atoms with Crippen molar-refractivity contribution in [1.29, 1.82) is 0 Å². The lowest BCUT2D eigenvalue weighted by atomic mass is 10.0. The minimum absolute atomic E-state index is 0.113. The van der Waals surface area contributed by atoms with Crippen molar-refractivity contribution < 1.29 is 18.0 Å². The molecule has 1 aromatic heterocycles. The maximum Gasteiger partial charge on any atom is 0.416 e. The Bertz CT molecular complexity index is 1100. The van der Waals surface area contributed by atoms with Crippen LogP contribution in [0, 0.1) is 13.8 Å². The van der Waals surface area contributed by atoms with Gasteiger partial charge >= 0.3 is 6.18 Å². The fraction of sp³-hybridized carbons (Fsp3) is 0.292. The first-order valence-electron chi connectivity index (χ1n) is 10.1. The Morgan fingerprint density at radius 3 is 2.58 bits per heavy atom. The Kier molecular flexibility index (Phi) is 5.79. The highest BCUT2D eigenvalue weighted by molar-refractivity contribution is 7.10. The molecule has 4 rings (SSSR count). The van der Waals surface area contributed by atoms with Gasteiger partial charge in [0.1, 0.15) is 0 Å². The summed E-state index contributed by atoms with van der Waals surface area (Å²) in [6, 6.07) is 11.2. The van der Waals surface area contributed by atoms with Crippen LogP contribution < -0.4 is 10.2 Å². The van der Waals surface area contributed by atoms with E-state index < -0.39 is 11.7 Å². The monoisotopic (exact) mass is 444 g/mol. The lowest BCUT2D eigenvalue weighted by molar-refractivity contribution is -0.137. The zero-order chi connectivity index (χ0) is 22.2. The molecule has 162 valence electrons. The van der Waals surface area contributed by atoms with Gasteiger partial charge in [0.2, 0.25) is 5.91 Å². The van der Waals surface area contributed by atoms with E-state index in [9.17, 15) is 18.0 Å². The number of nitrogens with one attached hydrogen (secondary N) is 1. The van der Waals surface area contributed by atoms with Crippen molar-refractivity contribution in [2.24, 2.45) is 0 Å². The van der Waals surface area contributed by atoms with Crippen LogP contribution in [0.1, 0.15) is 32.7 Å². The minimum atomic E-state index is -4.42. The van der Waals surface area contributed by atoms with Crippen molar-refractivity contribution in [3.05, 3.63) is 80.5 Å². The van der Waals surface area contributed by atoms with Crippen molar-refractivity contribution >= 4 is 28.6 Å². The molecular weight excluding hydrogens is 421 g/mol. The summed E-state index contributed by atoms with van der Waals surface area (Å²) in [4.78, 5) is 16.3. The van der Waals surface area contributed by atoms with E-state index in [1.54, 1.807) is 11.3 Å². The van der Waals surface area contributed by atoms with E-state index in [-0.39, 0.29) is 12.3 Å². The number of carbonyl (C=O) groups excluding carboxylic acids is 1. The van der Waals surface area contributed by atoms with Crippen LogP contribution in [0.25, 0.3) is 0 Å². The molecule has 0 aliphatic carbocycles. The SMILES string of the molecule is Cc1cc(N2CCc3sccc3C2)cc(C)c1NC(=O)Cc1cccc(C(F)(F)F)c1. The second-order valence-corrected chi connectivity index (χ2v) is 8.92. The van der Waals surface area contributed by atoms with Crippen molar-refractivity contribution in [1.82, 2.24) is 0 Å². The topological polar surface area (TPSA) is 32.3 Å². The highest BCUT2D eigenvalue weighted by atomic mass is 32.1. The van der Waals surface area contributed by atoms with Gasteiger partial charge in [-0.15, -0.1) is 11.3 Å². The molecule has 3 nitrogen and oxygen atoms in total. The van der Waals surface area contributed by atoms with Crippen molar-refractivity contribution in [2.75, 3.05) is 16.8 Å². The third-order valence-electron chi connectivity index (χ3n) is 5.57. The molecular formula is C24H23F3N2OS. The summed E-state index contributed by atoms with van der Waals surface area (Å²) in [5.41, 5.74) is 4.65. The van der Waals surface area contributed by atoms with Gasteiger partial charge in [0, 0.05) is 29.3 Å². The van der Waals surface area contributed by atoms with Gasteiger partial charge in [-0.1, -0.05) is 18.2 Å². The number of nitrogens with zero attached hydrogens (tertiary/aromatic N) is 1. The maximum absolute atomic E-state index is 12.9. The number of fused-ring (bicyclic) bond motifs is 1. The molecule has 0 saturated carbocycles. The average Bonchev–Trinajstić information content (AvgIpc) is 3.18.